The van der Waals surface area contributed by atoms with Crippen LogP contribution >= 0.6 is 0 Å². The lowest BCUT2D eigenvalue weighted by Gasteiger charge is -2.41. The Bertz CT molecular complexity index is 1410. The molecule has 12 nitrogen and oxygen atoms in total. The first-order chi connectivity index (χ1) is 29.1. The number of rotatable bonds is 36. The summed E-state index contributed by atoms with van der Waals surface area (Å²) in [6, 6.07) is 0. The van der Waals surface area contributed by atoms with Gasteiger partial charge in [-0.25, -0.2) is 4.18 Å². The molecule has 1 aliphatic heterocycles. The summed E-state index contributed by atoms with van der Waals surface area (Å²) < 4.78 is 58.9. The molecular weight excluding hydrogens is 789 g/mol. The first kappa shape index (κ1) is 55.0. The van der Waals surface area contributed by atoms with Crippen LogP contribution in [0.2, 0.25) is 0 Å². The highest BCUT2D eigenvalue weighted by molar-refractivity contribution is 7.80. The van der Waals surface area contributed by atoms with Crippen molar-refractivity contribution in [3.8, 4) is 0 Å². The molecule has 4 N–H and O–H groups in total. The van der Waals surface area contributed by atoms with Crippen molar-refractivity contribution >= 4 is 16.4 Å². The second-order valence-electron chi connectivity index (χ2n) is 14.5. The number of unbranched alkanes of at least 4 members (excludes halogenated alkanes) is 7. The number of esters is 1. The molecule has 0 radical (unpaired) electrons. The Labute approximate surface area is 361 Å². The summed E-state index contributed by atoms with van der Waals surface area (Å²) in [7, 11) is -5.08. The molecule has 1 heterocycles. The molecule has 1 rings (SSSR count). The SMILES string of the molecule is CC/C=C\C/C=C\C/C=C\C/C=C\C/C=C\C/C=C\CCC(=O)OC(COCCCCCCCC/C=C\C/C=C\CCC)COC1OC(CO)C(O)C(OS(=O)(=O)O)C1O. The highest BCUT2D eigenvalue weighted by atomic mass is 32.3. The molecule has 0 saturated carbocycles. The Balaban J connectivity index is 2.52. The maximum atomic E-state index is 12.8. The normalized spacial score (nSPS) is 21.2. The Morgan fingerprint density at radius 1 is 0.650 bits per heavy atom. The van der Waals surface area contributed by atoms with Gasteiger partial charge in [-0.2, -0.15) is 8.42 Å². The number of carbonyl (C=O) groups is 1. The highest BCUT2D eigenvalue weighted by Gasteiger charge is 2.48. The van der Waals surface area contributed by atoms with Gasteiger partial charge in [-0.15, -0.1) is 0 Å². The average molecular weight is 865 g/mol. The summed E-state index contributed by atoms with van der Waals surface area (Å²) in [6.45, 7) is 3.66. The second-order valence-corrected chi connectivity index (χ2v) is 15.6. The monoisotopic (exact) mass is 865 g/mol. The summed E-state index contributed by atoms with van der Waals surface area (Å²) in [5.74, 6) is -0.490. The number of ether oxygens (including phenoxy) is 4. The van der Waals surface area contributed by atoms with Crippen LogP contribution in [0, 0.1) is 0 Å². The number of carbonyl (C=O) groups excluding carboxylic acids is 1. The molecule has 13 heteroatoms. The lowest BCUT2D eigenvalue weighted by molar-refractivity contribution is -0.301. The third-order valence-electron chi connectivity index (χ3n) is 9.18. The fourth-order valence-electron chi connectivity index (χ4n) is 5.91. The smallest absolute Gasteiger partial charge is 0.397 e. The van der Waals surface area contributed by atoms with E-state index in [0.717, 1.165) is 83.5 Å². The zero-order chi connectivity index (χ0) is 43.9. The Hall–Kier alpha value is -2.98. The number of hydrogen-bond acceptors (Lipinski definition) is 11. The Morgan fingerprint density at radius 2 is 1.15 bits per heavy atom. The van der Waals surface area contributed by atoms with Crippen molar-refractivity contribution in [1.29, 1.82) is 0 Å². The lowest BCUT2D eigenvalue weighted by atomic mass is 9.99. The molecule has 1 aliphatic rings. The van der Waals surface area contributed by atoms with Gasteiger partial charge < -0.3 is 34.3 Å². The van der Waals surface area contributed by atoms with E-state index in [0.29, 0.717) is 13.0 Å². The summed E-state index contributed by atoms with van der Waals surface area (Å²) in [6.07, 6.45) is 41.7. The molecule has 0 aromatic rings. The highest BCUT2D eigenvalue weighted by Crippen LogP contribution is 2.26. The zero-order valence-electron chi connectivity index (χ0n) is 36.2. The number of hydrogen-bond donors (Lipinski definition) is 4. The van der Waals surface area contributed by atoms with Crippen LogP contribution in [0.1, 0.15) is 129 Å². The van der Waals surface area contributed by atoms with Crippen LogP contribution in [-0.2, 0) is 38.3 Å². The van der Waals surface area contributed by atoms with Crippen LogP contribution < -0.4 is 0 Å². The van der Waals surface area contributed by atoms with Gasteiger partial charge in [0.1, 0.15) is 30.5 Å². The largest absolute Gasteiger partial charge is 0.457 e. The minimum Gasteiger partial charge on any atom is -0.457 e. The standard InChI is InChI=1S/C47H76O12S/c1-3-5-7-9-11-13-15-17-19-20-21-22-23-24-26-28-30-32-34-36-43(49)57-41(39-55-37-35-33-31-29-27-25-18-16-14-12-10-8-6-4-2)40-56-47-45(51)46(59-60(52,53)54)44(50)42(38-48)58-47/h5,7-8,10-11,13-14,16-17,19,21-22,24,26,30,32,41-42,44-48,50-51H,3-4,6,9,12,15,18,20,23,25,27-29,31,33-40H2,1-2H3,(H,52,53,54)/b7-5-,10-8-,13-11-,16-14-,19-17-,22-21-,26-24-,32-30-. The Kier molecular flexibility index (Phi) is 34.6. The molecule has 60 heavy (non-hydrogen) atoms. The molecule has 1 fully saturated rings. The van der Waals surface area contributed by atoms with Crippen LogP contribution in [0.3, 0.4) is 0 Å². The van der Waals surface area contributed by atoms with Gasteiger partial charge in [-0.3, -0.25) is 9.35 Å². The maximum Gasteiger partial charge on any atom is 0.397 e. The fourth-order valence-corrected chi connectivity index (χ4v) is 6.42. The van der Waals surface area contributed by atoms with Crippen LogP contribution in [0.5, 0.6) is 0 Å². The molecule has 0 bridgehead atoms. The minimum atomic E-state index is -5.08. The van der Waals surface area contributed by atoms with E-state index in [4.69, 9.17) is 23.5 Å². The van der Waals surface area contributed by atoms with Crippen LogP contribution in [0.15, 0.2) is 97.2 Å². The number of aliphatic hydroxyl groups excluding tert-OH is 3. The molecule has 0 aromatic carbocycles. The van der Waals surface area contributed by atoms with Gasteiger partial charge >= 0.3 is 16.4 Å². The second kappa shape index (κ2) is 37.8. The molecule has 342 valence electrons. The molecule has 0 spiro atoms. The number of allylic oxidation sites excluding steroid dienone is 16. The minimum absolute atomic E-state index is 0.00850. The molecule has 0 amide bonds. The van der Waals surface area contributed by atoms with Crippen molar-refractivity contribution in [2.45, 2.75) is 166 Å². The quantitative estimate of drug-likeness (QED) is 0.0204. The van der Waals surface area contributed by atoms with E-state index < -0.39 is 59.8 Å². The fraction of sp³-hybridized carbons (Fsp3) is 0.638. The molecule has 6 atom stereocenters. The molecule has 0 aromatic heterocycles. The van der Waals surface area contributed by atoms with Gasteiger partial charge in [-0.1, -0.05) is 143 Å². The molecule has 6 unspecified atom stereocenters. The van der Waals surface area contributed by atoms with Crippen LogP contribution in [0.25, 0.3) is 0 Å². The van der Waals surface area contributed by atoms with Gasteiger partial charge in [0.2, 0.25) is 0 Å². The van der Waals surface area contributed by atoms with Crippen molar-refractivity contribution < 1.29 is 56.2 Å². The summed E-state index contributed by atoms with van der Waals surface area (Å²) in [4.78, 5) is 12.8. The van der Waals surface area contributed by atoms with Crippen LogP contribution in [0.4, 0.5) is 0 Å². The third kappa shape index (κ3) is 31.0. The van der Waals surface area contributed by atoms with Crippen molar-refractivity contribution in [3.05, 3.63) is 97.2 Å². The van der Waals surface area contributed by atoms with Crippen molar-refractivity contribution in [2.75, 3.05) is 26.4 Å². The number of aliphatic hydroxyl groups is 3. The molecule has 0 aliphatic carbocycles. The Morgan fingerprint density at radius 3 is 1.68 bits per heavy atom. The van der Waals surface area contributed by atoms with Gasteiger partial charge in [0.25, 0.3) is 0 Å². The zero-order valence-corrected chi connectivity index (χ0v) is 37.0. The first-order valence-electron chi connectivity index (χ1n) is 22.0. The van der Waals surface area contributed by atoms with Gasteiger partial charge in [0.05, 0.1) is 19.8 Å². The molecule has 1 saturated heterocycles. The molecular formula is C47H76O12S. The van der Waals surface area contributed by atoms with Gasteiger partial charge in [0.15, 0.2) is 6.29 Å². The maximum absolute atomic E-state index is 12.8. The predicted octanol–water partition coefficient (Wildman–Crippen LogP) is 9.07. The van der Waals surface area contributed by atoms with Crippen molar-refractivity contribution in [3.63, 3.8) is 0 Å². The van der Waals surface area contributed by atoms with Crippen molar-refractivity contribution in [2.24, 2.45) is 0 Å². The van der Waals surface area contributed by atoms with Crippen LogP contribution in [-0.4, -0.2) is 97.5 Å². The third-order valence-corrected chi connectivity index (χ3v) is 9.65. The predicted molar refractivity (Wildman–Crippen MR) is 238 cm³/mol. The average Bonchev–Trinajstić information content (AvgIpc) is 3.22. The van der Waals surface area contributed by atoms with Gasteiger partial charge in [-0.05, 0) is 77.0 Å². The van der Waals surface area contributed by atoms with E-state index in [2.05, 4.69) is 103 Å². The van der Waals surface area contributed by atoms with E-state index in [9.17, 15) is 28.5 Å². The van der Waals surface area contributed by atoms with E-state index in [-0.39, 0.29) is 19.6 Å². The first-order valence-corrected chi connectivity index (χ1v) is 23.4. The summed E-state index contributed by atoms with van der Waals surface area (Å²) >= 11 is 0. The lowest BCUT2D eigenvalue weighted by Crippen LogP contribution is -2.60. The summed E-state index contributed by atoms with van der Waals surface area (Å²) in [5, 5.41) is 30.6. The van der Waals surface area contributed by atoms with E-state index >= 15 is 0 Å². The van der Waals surface area contributed by atoms with Gasteiger partial charge in [0, 0.05) is 13.0 Å². The van der Waals surface area contributed by atoms with E-state index in [1.807, 2.05) is 12.2 Å². The van der Waals surface area contributed by atoms with E-state index in [1.165, 1.54) is 19.3 Å². The summed E-state index contributed by atoms with van der Waals surface area (Å²) in [5.41, 5.74) is 0. The topological polar surface area (TPSA) is 178 Å². The van der Waals surface area contributed by atoms with Crippen molar-refractivity contribution in [1.82, 2.24) is 0 Å². The van der Waals surface area contributed by atoms with E-state index in [1.54, 1.807) is 0 Å².